The molecule has 2 aromatic rings. The number of rotatable bonds is 5. The van der Waals surface area contributed by atoms with Crippen molar-refractivity contribution in [2.45, 2.75) is 40.2 Å². The lowest BCUT2D eigenvalue weighted by molar-refractivity contribution is 0.251. The van der Waals surface area contributed by atoms with Gasteiger partial charge in [-0.15, -0.1) is 0 Å². The molecule has 1 unspecified atom stereocenters. The molecule has 0 spiro atoms. The van der Waals surface area contributed by atoms with E-state index in [2.05, 4.69) is 45.1 Å². The first-order valence-corrected chi connectivity index (χ1v) is 7.30. The van der Waals surface area contributed by atoms with Crippen molar-refractivity contribution in [3.8, 4) is 5.75 Å². The SMILES string of the molecule is CCCOc1cccc2cc(C(NC)C(C)(C)C)oc12. The van der Waals surface area contributed by atoms with E-state index in [1.807, 2.05) is 19.2 Å². The quantitative estimate of drug-likeness (QED) is 0.870. The zero-order valence-electron chi connectivity index (χ0n) is 13.1. The van der Waals surface area contributed by atoms with Crippen LogP contribution in [0.4, 0.5) is 0 Å². The van der Waals surface area contributed by atoms with Crippen LogP contribution in [0.3, 0.4) is 0 Å². The Morgan fingerprint density at radius 2 is 2.05 bits per heavy atom. The van der Waals surface area contributed by atoms with Gasteiger partial charge in [0.15, 0.2) is 11.3 Å². The highest BCUT2D eigenvalue weighted by atomic mass is 16.5. The molecule has 1 N–H and O–H groups in total. The summed E-state index contributed by atoms with van der Waals surface area (Å²) in [5, 5.41) is 4.44. The zero-order chi connectivity index (χ0) is 14.8. The lowest BCUT2D eigenvalue weighted by Gasteiger charge is -2.28. The van der Waals surface area contributed by atoms with Crippen LogP contribution >= 0.6 is 0 Å². The maximum Gasteiger partial charge on any atom is 0.176 e. The summed E-state index contributed by atoms with van der Waals surface area (Å²) in [6, 6.07) is 8.33. The van der Waals surface area contributed by atoms with Crippen molar-refractivity contribution in [2.24, 2.45) is 5.41 Å². The number of hydrogen-bond acceptors (Lipinski definition) is 3. The van der Waals surface area contributed by atoms with Crippen LogP contribution in [-0.2, 0) is 0 Å². The van der Waals surface area contributed by atoms with E-state index in [0.29, 0.717) is 6.61 Å². The van der Waals surface area contributed by atoms with Crippen LogP contribution in [0, 0.1) is 5.41 Å². The third-order valence-corrected chi connectivity index (χ3v) is 3.43. The largest absolute Gasteiger partial charge is 0.490 e. The highest BCUT2D eigenvalue weighted by Gasteiger charge is 2.28. The molecule has 1 atom stereocenters. The smallest absolute Gasteiger partial charge is 0.176 e. The molecule has 0 amide bonds. The lowest BCUT2D eigenvalue weighted by atomic mass is 9.85. The molecule has 3 heteroatoms. The summed E-state index contributed by atoms with van der Waals surface area (Å²) in [5.74, 6) is 1.79. The van der Waals surface area contributed by atoms with Crippen LogP contribution in [-0.4, -0.2) is 13.7 Å². The van der Waals surface area contributed by atoms with E-state index in [9.17, 15) is 0 Å². The highest BCUT2D eigenvalue weighted by molar-refractivity contribution is 5.83. The van der Waals surface area contributed by atoms with E-state index in [-0.39, 0.29) is 11.5 Å². The Hall–Kier alpha value is -1.48. The van der Waals surface area contributed by atoms with Gasteiger partial charge in [0, 0.05) is 5.39 Å². The van der Waals surface area contributed by atoms with Gasteiger partial charge in [-0.1, -0.05) is 39.8 Å². The molecule has 3 nitrogen and oxygen atoms in total. The summed E-state index contributed by atoms with van der Waals surface area (Å²) in [5.41, 5.74) is 0.938. The number of benzene rings is 1. The van der Waals surface area contributed by atoms with E-state index >= 15 is 0 Å². The van der Waals surface area contributed by atoms with E-state index in [4.69, 9.17) is 9.15 Å². The normalized spacial score (nSPS) is 13.7. The first kappa shape index (κ1) is 14.9. The molecule has 0 radical (unpaired) electrons. The molecule has 1 aromatic carbocycles. The molecular formula is C17H25NO2. The fraction of sp³-hybridized carbons (Fsp3) is 0.529. The van der Waals surface area contributed by atoms with Gasteiger partial charge in [-0.25, -0.2) is 0 Å². The van der Waals surface area contributed by atoms with E-state index in [1.54, 1.807) is 0 Å². The van der Waals surface area contributed by atoms with Gasteiger partial charge in [0.25, 0.3) is 0 Å². The highest BCUT2D eigenvalue weighted by Crippen LogP contribution is 2.37. The van der Waals surface area contributed by atoms with Crippen molar-refractivity contribution in [3.05, 3.63) is 30.0 Å². The Kier molecular flexibility index (Phi) is 4.39. The molecule has 2 rings (SSSR count). The van der Waals surface area contributed by atoms with Crippen LogP contribution < -0.4 is 10.1 Å². The molecule has 0 fully saturated rings. The fourth-order valence-corrected chi connectivity index (χ4v) is 2.53. The molecule has 110 valence electrons. The van der Waals surface area contributed by atoms with Gasteiger partial charge in [0.1, 0.15) is 5.76 Å². The standard InChI is InChI=1S/C17H25NO2/c1-6-10-19-13-9-7-8-12-11-14(20-15(12)13)16(18-5)17(2,3)4/h7-9,11,16,18H,6,10H2,1-5H3. The fourth-order valence-electron chi connectivity index (χ4n) is 2.53. The van der Waals surface area contributed by atoms with Crippen LogP contribution in [0.25, 0.3) is 11.0 Å². The number of hydrogen-bond donors (Lipinski definition) is 1. The topological polar surface area (TPSA) is 34.4 Å². The van der Waals surface area contributed by atoms with Gasteiger partial charge in [0.05, 0.1) is 12.6 Å². The van der Waals surface area contributed by atoms with Crippen molar-refractivity contribution < 1.29 is 9.15 Å². The van der Waals surface area contributed by atoms with Gasteiger partial charge in [-0.2, -0.15) is 0 Å². The van der Waals surface area contributed by atoms with E-state index in [0.717, 1.165) is 28.9 Å². The Labute approximate surface area is 121 Å². The summed E-state index contributed by atoms with van der Waals surface area (Å²) in [6.07, 6.45) is 0.991. The average Bonchev–Trinajstić information content (AvgIpc) is 2.79. The van der Waals surface area contributed by atoms with Crippen LogP contribution in [0.15, 0.2) is 28.7 Å². The molecule has 0 aliphatic carbocycles. The minimum atomic E-state index is 0.0903. The molecular weight excluding hydrogens is 250 g/mol. The minimum absolute atomic E-state index is 0.0903. The van der Waals surface area contributed by atoms with Crippen LogP contribution in [0.5, 0.6) is 5.75 Å². The molecule has 0 aliphatic heterocycles. The Morgan fingerprint density at radius 3 is 2.65 bits per heavy atom. The maximum atomic E-state index is 6.09. The van der Waals surface area contributed by atoms with Crippen LogP contribution in [0.2, 0.25) is 0 Å². The maximum absolute atomic E-state index is 6.09. The molecule has 0 bridgehead atoms. The summed E-state index contributed by atoms with van der Waals surface area (Å²) < 4.78 is 11.9. The molecule has 1 aromatic heterocycles. The third kappa shape index (κ3) is 2.98. The predicted octanol–water partition coefficient (Wildman–Crippen LogP) is 4.53. The summed E-state index contributed by atoms with van der Waals surface area (Å²) in [4.78, 5) is 0. The number of nitrogens with one attached hydrogen (secondary N) is 1. The number of furan rings is 1. The summed E-state index contributed by atoms with van der Waals surface area (Å²) in [6.45, 7) is 9.43. The molecule has 0 aliphatic rings. The lowest BCUT2D eigenvalue weighted by Crippen LogP contribution is -2.29. The van der Waals surface area contributed by atoms with Gasteiger partial charge in [-0.05, 0) is 31.0 Å². The molecule has 1 heterocycles. The van der Waals surface area contributed by atoms with Gasteiger partial charge in [-0.3, -0.25) is 0 Å². The second-order valence-electron chi connectivity index (χ2n) is 6.26. The summed E-state index contributed by atoms with van der Waals surface area (Å²) >= 11 is 0. The second kappa shape index (κ2) is 5.88. The second-order valence-corrected chi connectivity index (χ2v) is 6.26. The van der Waals surface area contributed by atoms with Crippen molar-refractivity contribution in [1.29, 1.82) is 0 Å². The van der Waals surface area contributed by atoms with Gasteiger partial charge < -0.3 is 14.5 Å². The zero-order valence-corrected chi connectivity index (χ0v) is 13.1. The predicted molar refractivity (Wildman–Crippen MR) is 83.3 cm³/mol. The average molecular weight is 275 g/mol. The van der Waals surface area contributed by atoms with Crippen molar-refractivity contribution in [3.63, 3.8) is 0 Å². The van der Waals surface area contributed by atoms with Crippen molar-refractivity contribution >= 4 is 11.0 Å². The minimum Gasteiger partial charge on any atom is -0.490 e. The molecule has 0 saturated heterocycles. The Bertz CT molecular complexity index is 566. The number of para-hydroxylation sites is 1. The number of ether oxygens (including phenoxy) is 1. The molecule has 0 saturated carbocycles. The number of fused-ring (bicyclic) bond motifs is 1. The first-order chi connectivity index (χ1) is 9.47. The van der Waals surface area contributed by atoms with E-state index in [1.165, 1.54) is 0 Å². The van der Waals surface area contributed by atoms with E-state index < -0.39 is 0 Å². The van der Waals surface area contributed by atoms with Crippen LogP contribution in [0.1, 0.15) is 45.9 Å². The summed E-state index contributed by atoms with van der Waals surface area (Å²) in [7, 11) is 1.97. The molecule has 20 heavy (non-hydrogen) atoms. The first-order valence-electron chi connectivity index (χ1n) is 7.30. The van der Waals surface area contributed by atoms with Crippen molar-refractivity contribution in [2.75, 3.05) is 13.7 Å². The van der Waals surface area contributed by atoms with Gasteiger partial charge in [0.2, 0.25) is 0 Å². The van der Waals surface area contributed by atoms with Gasteiger partial charge >= 0.3 is 0 Å². The monoisotopic (exact) mass is 275 g/mol. The Balaban J connectivity index is 2.42. The third-order valence-electron chi connectivity index (χ3n) is 3.43. The Morgan fingerprint density at radius 1 is 1.30 bits per heavy atom. The van der Waals surface area contributed by atoms with Crippen molar-refractivity contribution in [1.82, 2.24) is 5.32 Å².